The normalized spacial score (nSPS) is 13.8. The summed E-state index contributed by atoms with van der Waals surface area (Å²) in [7, 11) is 0. The van der Waals surface area contributed by atoms with Crippen molar-refractivity contribution in [3.8, 4) is 5.69 Å². The number of nitrogens with zero attached hydrogens (tertiary/aromatic N) is 3. The van der Waals surface area contributed by atoms with Crippen LogP contribution in [0.4, 0.5) is 0 Å². The zero-order valence-corrected chi connectivity index (χ0v) is 12.3. The number of nitrogens with one attached hydrogen (secondary N) is 2. The van der Waals surface area contributed by atoms with Gasteiger partial charge in [0.1, 0.15) is 6.54 Å². The van der Waals surface area contributed by atoms with E-state index in [0.29, 0.717) is 0 Å². The molecule has 3 rings (SSSR count). The van der Waals surface area contributed by atoms with Crippen molar-refractivity contribution >= 4 is 33.7 Å². The lowest BCUT2D eigenvalue weighted by molar-refractivity contribution is -0.117. The molecule has 0 unspecified atom stereocenters. The lowest BCUT2D eigenvalue weighted by Gasteiger charge is -2.03. The summed E-state index contributed by atoms with van der Waals surface area (Å²) in [6.45, 7) is 0.0299. The second-order valence-corrected chi connectivity index (χ2v) is 5.21. The van der Waals surface area contributed by atoms with Crippen LogP contribution in [0.25, 0.3) is 5.69 Å². The second-order valence-electron chi connectivity index (χ2n) is 4.29. The number of benzene rings is 1. The van der Waals surface area contributed by atoms with Gasteiger partial charge in [0.25, 0.3) is 5.91 Å². The minimum absolute atomic E-state index is 0.0299. The van der Waals surface area contributed by atoms with E-state index in [1.165, 1.54) is 0 Å². The Morgan fingerprint density at radius 3 is 2.95 bits per heavy atom. The number of aromatic nitrogens is 2. The highest BCUT2D eigenvalue weighted by Gasteiger charge is 2.18. The van der Waals surface area contributed by atoms with Gasteiger partial charge in [0.15, 0.2) is 5.69 Å². The first-order valence-corrected chi connectivity index (χ1v) is 6.88. The van der Waals surface area contributed by atoms with E-state index in [1.54, 1.807) is 16.9 Å². The fraction of sp³-hybridized carbons (Fsp3) is 0.0769. The molecule has 1 aromatic carbocycles. The summed E-state index contributed by atoms with van der Waals surface area (Å²) in [4.78, 5) is 26.8. The molecule has 0 saturated heterocycles. The first-order chi connectivity index (χ1) is 10.1. The molecule has 0 saturated carbocycles. The molecule has 0 radical (unpaired) electrons. The standard InChI is InChI=1S/C13H10BrN5O2/c14-8-2-1-3-9(6-8)19-5-4-10(18-19)12(21)17-13-15-7-11(20)16-13/h1-6H,7H2,(H2,15,16,17,20,21). The molecule has 0 bridgehead atoms. The van der Waals surface area contributed by atoms with Gasteiger partial charge in [-0.2, -0.15) is 5.10 Å². The molecule has 106 valence electrons. The average molecular weight is 348 g/mol. The molecule has 2 N–H and O–H groups in total. The number of hydrogen-bond donors (Lipinski definition) is 2. The smallest absolute Gasteiger partial charge is 0.278 e. The Labute approximate surface area is 128 Å². The van der Waals surface area contributed by atoms with Crippen LogP contribution < -0.4 is 10.6 Å². The summed E-state index contributed by atoms with van der Waals surface area (Å²) in [6.07, 6.45) is 1.69. The highest BCUT2D eigenvalue weighted by atomic mass is 79.9. The Morgan fingerprint density at radius 1 is 1.38 bits per heavy atom. The zero-order valence-electron chi connectivity index (χ0n) is 10.7. The van der Waals surface area contributed by atoms with Gasteiger partial charge in [-0.05, 0) is 24.3 Å². The summed E-state index contributed by atoms with van der Waals surface area (Å²) in [5.41, 5.74) is 1.06. The molecule has 0 atom stereocenters. The topological polar surface area (TPSA) is 88.4 Å². The third-order valence-electron chi connectivity index (χ3n) is 2.76. The molecule has 0 spiro atoms. The van der Waals surface area contributed by atoms with E-state index in [0.717, 1.165) is 10.2 Å². The molecule has 1 aliphatic heterocycles. The Morgan fingerprint density at radius 2 is 2.24 bits per heavy atom. The van der Waals surface area contributed by atoms with Crippen molar-refractivity contribution in [2.45, 2.75) is 0 Å². The summed E-state index contributed by atoms with van der Waals surface area (Å²) < 4.78 is 2.51. The van der Waals surface area contributed by atoms with Gasteiger partial charge in [-0.15, -0.1) is 0 Å². The number of hydrogen-bond acceptors (Lipinski definition) is 4. The van der Waals surface area contributed by atoms with Crippen LogP contribution in [-0.4, -0.2) is 34.1 Å². The number of carbonyl (C=O) groups is 2. The fourth-order valence-electron chi connectivity index (χ4n) is 1.81. The van der Waals surface area contributed by atoms with Gasteiger partial charge >= 0.3 is 0 Å². The molecular formula is C13H10BrN5O2. The molecule has 2 aromatic rings. The number of amides is 2. The monoisotopic (exact) mass is 347 g/mol. The van der Waals surface area contributed by atoms with Gasteiger partial charge in [0.2, 0.25) is 11.9 Å². The molecule has 1 aromatic heterocycles. The Balaban J connectivity index is 1.75. The van der Waals surface area contributed by atoms with E-state index in [9.17, 15) is 9.59 Å². The number of rotatable bonds is 2. The van der Waals surface area contributed by atoms with Crippen LogP contribution in [0.1, 0.15) is 10.5 Å². The highest BCUT2D eigenvalue weighted by molar-refractivity contribution is 9.10. The number of halogens is 1. The molecular weight excluding hydrogens is 338 g/mol. The van der Waals surface area contributed by atoms with Gasteiger partial charge in [-0.1, -0.05) is 22.0 Å². The van der Waals surface area contributed by atoms with Gasteiger partial charge in [0.05, 0.1) is 5.69 Å². The maximum atomic E-state index is 12.0. The van der Waals surface area contributed by atoms with Gasteiger partial charge in [-0.3, -0.25) is 20.2 Å². The summed E-state index contributed by atoms with van der Waals surface area (Å²) in [6, 6.07) is 9.13. The Hall–Kier alpha value is -2.48. The molecule has 21 heavy (non-hydrogen) atoms. The van der Waals surface area contributed by atoms with Crippen molar-refractivity contribution < 1.29 is 9.59 Å². The number of aliphatic imine (C=N–C) groups is 1. The van der Waals surface area contributed by atoms with Crippen LogP contribution in [0.3, 0.4) is 0 Å². The summed E-state index contributed by atoms with van der Waals surface area (Å²) in [5.74, 6) is -0.517. The van der Waals surface area contributed by atoms with Crippen LogP contribution in [0.15, 0.2) is 46.0 Å². The maximum Gasteiger partial charge on any atom is 0.278 e. The third-order valence-corrected chi connectivity index (χ3v) is 3.26. The van der Waals surface area contributed by atoms with E-state index in [1.807, 2.05) is 24.3 Å². The van der Waals surface area contributed by atoms with E-state index in [2.05, 4.69) is 36.7 Å². The van der Waals surface area contributed by atoms with Gasteiger partial charge in [0, 0.05) is 10.7 Å². The fourth-order valence-corrected chi connectivity index (χ4v) is 2.20. The predicted molar refractivity (Wildman–Crippen MR) is 79.2 cm³/mol. The second kappa shape index (κ2) is 5.49. The molecule has 0 fully saturated rings. The van der Waals surface area contributed by atoms with Crippen LogP contribution in [0, 0.1) is 0 Å². The average Bonchev–Trinajstić information content (AvgIpc) is 3.08. The molecule has 7 nitrogen and oxygen atoms in total. The first kappa shape index (κ1) is 13.5. The zero-order chi connectivity index (χ0) is 14.8. The van der Waals surface area contributed by atoms with E-state index in [-0.39, 0.29) is 24.1 Å². The first-order valence-electron chi connectivity index (χ1n) is 6.09. The van der Waals surface area contributed by atoms with E-state index >= 15 is 0 Å². The van der Waals surface area contributed by atoms with Crippen LogP contribution in [0.5, 0.6) is 0 Å². The van der Waals surface area contributed by atoms with Crippen molar-refractivity contribution in [2.24, 2.45) is 4.99 Å². The third kappa shape index (κ3) is 3.00. The van der Waals surface area contributed by atoms with Crippen LogP contribution >= 0.6 is 15.9 Å². The molecule has 1 aliphatic rings. The van der Waals surface area contributed by atoms with Gasteiger partial charge < -0.3 is 0 Å². The van der Waals surface area contributed by atoms with Crippen molar-refractivity contribution in [3.63, 3.8) is 0 Å². The number of carbonyl (C=O) groups excluding carboxylic acids is 2. The van der Waals surface area contributed by atoms with Crippen molar-refractivity contribution in [1.29, 1.82) is 0 Å². The molecule has 0 aliphatic carbocycles. The maximum absolute atomic E-state index is 12.0. The molecule has 2 amide bonds. The van der Waals surface area contributed by atoms with Crippen molar-refractivity contribution in [2.75, 3.05) is 6.54 Å². The number of guanidine groups is 1. The molecule has 8 heteroatoms. The minimum atomic E-state index is -0.426. The SMILES string of the molecule is O=C1CN=C(NC(=O)c2ccn(-c3cccc(Br)c3)n2)N1. The van der Waals surface area contributed by atoms with E-state index < -0.39 is 5.91 Å². The minimum Gasteiger partial charge on any atom is -0.295 e. The van der Waals surface area contributed by atoms with Gasteiger partial charge in [-0.25, -0.2) is 9.67 Å². The van der Waals surface area contributed by atoms with E-state index in [4.69, 9.17) is 0 Å². The van der Waals surface area contributed by atoms with Crippen LogP contribution in [0.2, 0.25) is 0 Å². The van der Waals surface area contributed by atoms with Crippen molar-refractivity contribution in [3.05, 3.63) is 46.7 Å². The summed E-state index contributed by atoms with van der Waals surface area (Å²) in [5, 5.41) is 9.13. The highest BCUT2D eigenvalue weighted by Crippen LogP contribution is 2.15. The summed E-state index contributed by atoms with van der Waals surface area (Å²) >= 11 is 3.38. The lowest BCUT2D eigenvalue weighted by atomic mass is 10.3. The quantitative estimate of drug-likeness (QED) is 0.843. The van der Waals surface area contributed by atoms with Crippen LogP contribution in [-0.2, 0) is 4.79 Å². The Bertz CT molecular complexity index is 753. The predicted octanol–water partition coefficient (Wildman–Crippen LogP) is 0.850. The largest absolute Gasteiger partial charge is 0.295 e. The molecule has 2 heterocycles. The van der Waals surface area contributed by atoms with Crippen molar-refractivity contribution in [1.82, 2.24) is 20.4 Å². The lowest BCUT2D eigenvalue weighted by Crippen LogP contribution is -2.40. The Kier molecular flexibility index (Phi) is 3.53.